The molecule has 0 unspecified atom stereocenters. The van der Waals surface area contributed by atoms with Gasteiger partial charge < -0.3 is 11.1 Å². The van der Waals surface area contributed by atoms with Gasteiger partial charge in [0.05, 0.1) is 5.56 Å². The van der Waals surface area contributed by atoms with E-state index in [9.17, 15) is 13.6 Å². The standard InChI is InChI=1S/C13H11F2N3O/c14-10-2-3-11(15)9(5-10)7-18-13(19)8-1-4-12(16)17-6-8/h1-6H,7H2,(H2,16,17)(H,18,19). The minimum Gasteiger partial charge on any atom is -0.384 e. The smallest absolute Gasteiger partial charge is 0.253 e. The van der Waals surface area contributed by atoms with E-state index in [0.29, 0.717) is 11.4 Å². The Morgan fingerprint density at radius 3 is 2.74 bits per heavy atom. The first-order valence-corrected chi connectivity index (χ1v) is 5.50. The number of hydrogen-bond acceptors (Lipinski definition) is 3. The van der Waals surface area contributed by atoms with E-state index in [4.69, 9.17) is 5.73 Å². The Hall–Kier alpha value is -2.50. The van der Waals surface area contributed by atoms with Crippen molar-refractivity contribution in [2.45, 2.75) is 6.54 Å². The van der Waals surface area contributed by atoms with Crippen molar-refractivity contribution >= 4 is 11.7 Å². The highest BCUT2D eigenvalue weighted by molar-refractivity contribution is 5.93. The van der Waals surface area contributed by atoms with E-state index in [1.165, 1.54) is 18.3 Å². The van der Waals surface area contributed by atoms with Crippen LogP contribution in [0.1, 0.15) is 15.9 Å². The highest BCUT2D eigenvalue weighted by Crippen LogP contribution is 2.09. The fraction of sp³-hybridized carbons (Fsp3) is 0.0769. The molecule has 19 heavy (non-hydrogen) atoms. The molecule has 1 heterocycles. The van der Waals surface area contributed by atoms with E-state index in [1.807, 2.05) is 0 Å². The number of nitrogens with zero attached hydrogens (tertiary/aromatic N) is 1. The number of amides is 1. The molecule has 2 rings (SSSR count). The van der Waals surface area contributed by atoms with Crippen molar-refractivity contribution in [3.8, 4) is 0 Å². The number of nitrogens with two attached hydrogens (primary N) is 1. The van der Waals surface area contributed by atoms with Gasteiger partial charge in [-0.1, -0.05) is 0 Å². The van der Waals surface area contributed by atoms with Crippen LogP contribution in [-0.2, 0) is 6.54 Å². The van der Waals surface area contributed by atoms with Crippen molar-refractivity contribution in [3.05, 3.63) is 59.3 Å². The lowest BCUT2D eigenvalue weighted by molar-refractivity contribution is 0.0950. The van der Waals surface area contributed by atoms with Crippen LogP contribution in [0.25, 0.3) is 0 Å². The number of hydrogen-bond donors (Lipinski definition) is 2. The molecule has 1 aromatic heterocycles. The molecular formula is C13H11F2N3O. The van der Waals surface area contributed by atoms with Crippen LogP contribution in [-0.4, -0.2) is 10.9 Å². The maximum Gasteiger partial charge on any atom is 0.253 e. The summed E-state index contributed by atoms with van der Waals surface area (Å²) in [6.07, 6.45) is 1.31. The number of anilines is 1. The second-order valence-corrected chi connectivity index (χ2v) is 3.89. The lowest BCUT2D eigenvalue weighted by Gasteiger charge is -2.06. The number of pyridine rings is 1. The molecule has 98 valence electrons. The zero-order valence-electron chi connectivity index (χ0n) is 9.86. The largest absolute Gasteiger partial charge is 0.384 e. The van der Waals surface area contributed by atoms with Gasteiger partial charge in [0.2, 0.25) is 0 Å². The third-order valence-corrected chi connectivity index (χ3v) is 2.50. The maximum atomic E-state index is 13.3. The van der Waals surface area contributed by atoms with Crippen LogP contribution < -0.4 is 11.1 Å². The van der Waals surface area contributed by atoms with E-state index in [-0.39, 0.29) is 12.1 Å². The number of nitrogens with one attached hydrogen (secondary N) is 1. The first-order chi connectivity index (χ1) is 9.06. The number of aromatic nitrogens is 1. The van der Waals surface area contributed by atoms with E-state index in [2.05, 4.69) is 10.3 Å². The van der Waals surface area contributed by atoms with Gasteiger partial charge in [0, 0.05) is 18.3 Å². The van der Waals surface area contributed by atoms with Crippen molar-refractivity contribution in [2.24, 2.45) is 0 Å². The molecule has 1 amide bonds. The number of rotatable bonds is 3. The summed E-state index contributed by atoms with van der Waals surface area (Å²) in [6.45, 7) is -0.104. The molecule has 6 heteroatoms. The van der Waals surface area contributed by atoms with Gasteiger partial charge in [-0.15, -0.1) is 0 Å². The Morgan fingerprint density at radius 1 is 1.26 bits per heavy atom. The lowest BCUT2D eigenvalue weighted by atomic mass is 10.2. The number of nitrogen functional groups attached to an aromatic ring is 1. The third kappa shape index (κ3) is 3.25. The zero-order valence-corrected chi connectivity index (χ0v) is 9.86. The summed E-state index contributed by atoms with van der Waals surface area (Å²) in [6, 6.07) is 6.06. The molecule has 2 aromatic rings. The number of benzene rings is 1. The first kappa shape index (κ1) is 12.9. The molecule has 0 aliphatic heterocycles. The summed E-state index contributed by atoms with van der Waals surface area (Å²) >= 11 is 0. The normalized spacial score (nSPS) is 10.2. The Bertz CT molecular complexity index is 599. The molecule has 0 atom stereocenters. The molecule has 0 radical (unpaired) electrons. The molecule has 0 fully saturated rings. The molecular weight excluding hydrogens is 252 g/mol. The predicted molar refractivity (Wildman–Crippen MR) is 66.2 cm³/mol. The number of carbonyl (C=O) groups is 1. The molecule has 1 aromatic carbocycles. The predicted octanol–water partition coefficient (Wildman–Crippen LogP) is 1.87. The van der Waals surface area contributed by atoms with E-state index in [1.54, 1.807) is 0 Å². The monoisotopic (exact) mass is 263 g/mol. The molecule has 0 saturated heterocycles. The molecule has 3 N–H and O–H groups in total. The van der Waals surface area contributed by atoms with Crippen molar-refractivity contribution < 1.29 is 13.6 Å². The Labute approximate surface area is 108 Å². The average Bonchev–Trinajstić information content (AvgIpc) is 2.40. The van der Waals surface area contributed by atoms with Crippen LogP contribution >= 0.6 is 0 Å². The summed E-state index contributed by atoms with van der Waals surface area (Å²) in [5.41, 5.74) is 5.77. The van der Waals surface area contributed by atoms with Crippen LogP contribution in [0.4, 0.5) is 14.6 Å². The number of halogens is 2. The van der Waals surface area contributed by atoms with Gasteiger partial charge in [-0.25, -0.2) is 13.8 Å². The summed E-state index contributed by atoms with van der Waals surface area (Å²) in [5.74, 6) is -1.26. The van der Waals surface area contributed by atoms with Gasteiger partial charge in [-0.05, 0) is 30.3 Å². The number of carbonyl (C=O) groups excluding carboxylic acids is 1. The summed E-state index contributed by atoms with van der Waals surface area (Å²) in [7, 11) is 0. The van der Waals surface area contributed by atoms with Gasteiger partial charge in [0.1, 0.15) is 17.5 Å². The van der Waals surface area contributed by atoms with Gasteiger partial charge in [0.15, 0.2) is 0 Å². The van der Waals surface area contributed by atoms with Gasteiger partial charge >= 0.3 is 0 Å². The van der Waals surface area contributed by atoms with Gasteiger partial charge in [-0.2, -0.15) is 0 Å². The highest BCUT2D eigenvalue weighted by Gasteiger charge is 2.08. The van der Waals surface area contributed by atoms with Crippen molar-refractivity contribution in [1.82, 2.24) is 10.3 Å². The summed E-state index contributed by atoms with van der Waals surface area (Å²) in [4.78, 5) is 15.5. The minimum absolute atomic E-state index is 0.0803. The lowest BCUT2D eigenvalue weighted by Crippen LogP contribution is -2.23. The molecule has 0 saturated carbocycles. The maximum absolute atomic E-state index is 13.3. The van der Waals surface area contributed by atoms with Crippen LogP contribution in [0, 0.1) is 11.6 Å². The van der Waals surface area contributed by atoms with Crippen molar-refractivity contribution in [3.63, 3.8) is 0 Å². The Balaban J connectivity index is 2.04. The fourth-order valence-electron chi connectivity index (χ4n) is 1.50. The van der Waals surface area contributed by atoms with Crippen LogP contribution in [0.2, 0.25) is 0 Å². The van der Waals surface area contributed by atoms with E-state index < -0.39 is 17.5 Å². The summed E-state index contributed by atoms with van der Waals surface area (Å²) < 4.78 is 26.3. The SMILES string of the molecule is Nc1ccc(C(=O)NCc2cc(F)ccc2F)cn1. The summed E-state index contributed by atoms with van der Waals surface area (Å²) in [5, 5.41) is 2.48. The van der Waals surface area contributed by atoms with Crippen LogP contribution in [0.5, 0.6) is 0 Å². The Kier molecular flexibility index (Phi) is 3.70. The topological polar surface area (TPSA) is 68.0 Å². The van der Waals surface area contributed by atoms with Gasteiger partial charge in [-0.3, -0.25) is 4.79 Å². The van der Waals surface area contributed by atoms with Crippen molar-refractivity contribution in [1.29, 1.82) is 0 Å². The molecule has 4 nitrogen and oxygen atoms in total. The molecule has 0 bridgehead atoms. The third-order valence-electron chi connectivity index (χ3n) is 2.50. The first-order valence-electron chi connectivity index (χ1n) is 5.50. The molecule has 0 spiro atoms. The Morgan fingerprint density at radius 2 is 2.05 bits per heavy atom. The van der Waals surface area contributed by atoms with Crippen molar-refractivity contribution in [2.75, 3.05) is 5.73 Å². The second kappa shape index (κ2) is 5.43. The zero-order chi connectivity index (χ0) is 13.8. The fourth-order valence-corrected chi connectivity index (χ4v) is 1.50. The van der Waals surface area contributed by atoms with Gasteiger partial charge in [0.25, 0.3) is 5.91 Å². The van der Waals surface area contributed by atoms with E-state index in [0.717, 1.165) is 18.2 Å². The average molecular weight is 263 g/mol. The quantitative estimate of drug-likeness (QED) is 0.888. The highest BCUT2D eigenvalue weighted by atomic mass is 19.1. The molecule has 0 aliphatic rings. The molecule has 0 aliphatic carbocycles. The van der Waals surface area contributed by atoms with Crippen LogP contribution in [0.3, 0.4) is 0 Å². The van der Waals surface area contributed by atoms with Crippen LogP contribution in [0.15, 0.2) is 36.5 Å². The van der Waals surface area contributed by atoms with E-state index >= 15 is 0 Å². The minimum atomic E-state index is -0.572. The second-order valence-electron chi connectivity index (χ2n) is 3.89.